The number of pyridine rings is 1. The topological polar surface area (TPSA) is 54.8 Å². The molecule has 0 radical (unpaired) electrons. The van der Waals surface area contributed by atoms with Gasteiger partial charge in [-0.15, -0.1) is 0 Å². The van der Waals surface area contributed by atoms with E-state index in [0.717, 1.165) is 11.3 Å². The van der Waals surface area contributed by atoms with Crippen LogP contribution in [0.2, 0.25) is 0 Å². The minimum absolute atomic E-state index is 0.139. The second-order valence-electron chi connectivity index (χ2n) is 6.71. The zero-order valence-electron chi connectivity index (χ0n) is 15.3. The predicted molar refractivity (Wildman–Crippen MR) is 97.0 cm³/mol. The molecule has 1 saturated heterocycles. The van der Waals surface area contributed by atoms with Crippen LogP contribution in [0.15, 0.2) is 42.6 Å². The molecular weight excluding hydrogens is 354 g/mol. The molecule has 0 spiro atoms. The molecule has 1 unspecified atom stereocenters. The normalized spacial score (nSPS) is 19.6. The molecule has 146 valence electrons. The van der Waals surface area contributed by atoms with Gasteiger partial charge in [0.05, 0.1) is 25.3 Å². The van der Waals surface area contributed by atoms with Crippen LogP contribution in [0.3, 0.4) is 0 Å². The highest BCUT2D eigenvalue weighted by Crippen LogP contribution is 2.35. The summed E-state index contributed by atoms with van der Waals surface area (Å²) in [7, 11) is 1.58. The molecule has 2 aromatic rings. The molecule has 3 rings (SSSR count). The first-order chi connectivity index (χ1) is 13.0. The van der Waals surface area contributed by atoms with Gasteiger partial charge < -0.3 is 14.6 Å². The number of rotatable bonds is 7. The molecule has 1 aliphatic heterocycles. The van der Waals surface area contributed by atoms with E-state index in [9.17, 15) is 13.9 Å². The van der Waals surface area contributed by atoms with Crippen LogP contribution in [0.25, 0.3) is 0 Å². The molecule has 1 atom stereocenters. The largest absolute Gasteiger partial charge is 0.497 e. The summed E-state index contributed by atoms with van der Waals surface area (Å²) in [5.41, 5.74) is 1.66. The van der Waals surface area contributed by atoms with Crippen molar-refractivity contribution in [3.8, 4) is 11.5 Å². The van der Waals surface area contributed by atoms with Gasteiger partial charge >= 0.3 is 0 Å². The summed E-state index contributed by atoms with van der Waals surface area (Å²) in [6, 6.07) is 11.1. The van der Waals surface area contributed by atoms with Crippen LogP contribution >= 0.6 is 0 Å². The van der Waals surface area contributed by atoms with Crippen LogP contribution in [-0.2, 0) is 13.2 Å². The van der Waals surface area contributed by atoms with Crippen molar-refractivity contribution in [1.82, 2.24) is 9.88 Å². The zero-order chi connectivity index (χ0) is 19.3. The number of aliphatic hydroxyl groups excluding tert-OH is 1. The van der Waals surface area contributed by atoms with E-state index in [0.29, 0.717) is 24.7 Å². The first-order valence-corrected chi connectivity index (χ1v) is 8.92. The highest BCUT2D eigenvalue weighted by molar-refractivity contribution is 5.40. The number of benzene rings is 1. The Balaban J connectivity index is 1.73. The Labute approximate surface area is 157 Å². The number of alkyl halides is 2. The van der Waals surface area contributed by atoms with Crippen molar-refractivity contribution in [3.05, 3.63) is 53.9 Å². The molecule has 1 aromatic heterocycles. The summed E-state index contributed by atoms with van der Waals surface area (Å²) in [5, 5.41) is 9.30. The van der Waals surface area contributed by atoms with Gasteiger partial charge in [-0.25, -0.2) is 8.78 Å². The number of piperidine rings is 1. The van der Waals surface area contributed by atoms with Gasteiger partial charge in [0.2, 0.25) is 0 Å². The van der Waals surface area contributed by atoms with Gasteiger partial charge in [-0.3, -0.25) is 9.88 Å². The summed E-state index contributed by atoms with van der Waals surface area (Å²) < 4.78 is 38.9. The van der Waals surface area contributed by atoms with E-state index in [2.05, 4.69) is 4.98 Å². The third-order valence-corrected chi connectivity index (χ3v) is 4.82. The lowest BCUT2D eigenvalue weighted by Gasteiger charge is -2.37. The average molecular weight is 378 g/mol. The van der Waals surface area contributed by atoms with Crippen molar-refractivity contribution < 1.29 is 23.4 Å². The van der Waals surface area contributed by atoms with Crippen molar-refractivity contribution in [2.24, 2.45) is 5.92 Å². The van der Waals surface area contributed by atoms with E-state index in [4.69, 9.17) is 9.47 Å². The summed E-state index contributed by atoms with van der Waals surface area (Å²) in [4.78, 5) is 6.16. The highest BCUT2D eigenvalue weighted by Gasteiger charge is 2.43. The van der Waals surface area contributed by atoms with Crippen LogP contribution in [0.1, 0.15) is 17.7 Å². The smallest absolute Gasteiger partial charge is 0.255 e. The molecule has 1 fully saturated rings. The summed E-state index contributed by atoms with van der Waals surface area (Å²) in [6.45, 7) is 0.643. The van der Waals surface area contributed by atoms with Crippen LogP contribution < -0.4 is 9.47 Å². The van der Waals surface area contributed by atoms with Gasteiger partial charge in [0.1, 0.15) is 18.1 Å². The Morgan fingerprint density at radius 3 is 2.85 bits per heavy atom. The van der Waals surface area contributed by atoms with Crippen molar-refractivity contribution in [2.45, 2.75) is 25.5 Å². The second kappa shape index (κ2) is 8.63. The molecule has 0 amide bonds. The number of aromatic nitrogens is 1. The maximum Gasteiger partial charge on any atom is 0.255 e. The third-order valence-electron chi connectivity index (χ3n) is 4.82. The molecule has 2 heterocycles. The monoisotopic (exact) mass is 378 g/mol. The maximum absolute atomic E-state index is 13.8. The Morgan fingerprint density at radius 1 is 1.30 bits per heavy atom. The lowest BCUT2D eigenvalue weighted by atomic mass is 9.94. The van der Waals surface area contributed by atoms with E-state index in [1.165, 1.54) is 0 Å². The fourth-order valence-electron chi connectivity index (χ4n) is 3.21. The highest BCUT2D eigenvalue weighted by atomic mass is 19.3. The number of methoxy groups -OCH3 is 1. The fraction of sp³-hybridized carbons (Fsp3) is 0.450. The SMILES string of the molecule is COc1ccc(OCc2ccccn2)c(CN2CCC(F)(F)C(CO)C2)c1. The van der Waals surface area contributed by atoms with E-state index in [1.54, 1.807) is 19.4 Å². The maximum atomic E-state index is 13.8. The second-order valence-corrected chi connectivity index (χ2v) is 6.71. The molecule has 7 heteroatoms. The first kappa shape index (κ1) is 19.5. The molecule has 5 nitrogen and oxygen atoms in total. The summed E-state index contributed by atoms with van der Waals surface area (Å²) in [5.74, 6) is -2.52. The molecule has 1 aliphatic rings. The molecular formula is C20H24F2N2O3. The number of nitrogens with zero attached hydrogens (tertiary/aromatic N) is 2. The number of hydrogen-bond donors (Lipinski definition) is 1. The Morgan fingerprint density at radius 2 is 2.15 bits per heavy atom. The van der Waals surface area contributed by atoms with Crippen molar-refractivity contribution >= 4 is 0 Å². The van der Waals surface area contributed by atoms with Crippen LogP contribution in [0.5, 0.6) is 11.5 Å². The molecule has 0 saturated carbocycles. The molecule has 1 aromatic carbocycles. The summed E-state index contributed by atoms with van der Waals surface area (Å²) in [6.07, 6.45) is 1.45. The Kier molecular flexibility index (Phi) is 6.23. The quantitative estimate of drug-likeness (QED) is 0.802. The minimum atomic E-state index is -2.82. The van der Waals surface area contributed by atoms with Crippen molar-refractivity contribution in [2.75, 3.05) is 26.8 Å². The fourth-order valence-corrected chi connectivity index (χ4v) is 3.21. The van der Waals surface area contributed by atoms with Gasteiger partial charge in [0, 0.05) is 37.8 Å². The molecule has 0 aliphatic carbocycles. The first-order valence-electron chi connectivity index (χ1n) is 8.92. The third kappa shape index (κ3) is 4.93. The number of likely N-dealkylation sites (tertiary alicyclic amines) is 1. The van der Waals surface area contributed by atoms with Gasteiger partial charge in [-0.2, -0.15) is 0 Å². The van der Waals surface area contributed by atoms with Gasteiger partial charge in [0.15, 0.2) is 0 Å². The molecule has 1 N–H and O–H groups in total. The lowest BCUT2D eigenvalue weighted by Crippen LogP contribution is -2.48. The standard InChI is InChI=1S/C20H24F2N2O3/c1-26-18-5-6-19(27-14-17-4-2-3-8-23-17)15(10-18)11-24-9-7-20(21,22)16(12-24)13-25/h2-6,8,10,16,25H,7,9,11-14H2,1H3. The van der Waals surface area contributed by atoms with E-state index >= 15 is 0 Å². The number of ether oxygens (including phenoxy) is 2. The van der Waals surface area contributed by atoms with E-state index < -0.39 is 18.4 Å². The van der Waals surface area contributed by atoms with Crippen molar-refractivity contribution in [3.63, 3.8) is 0 Å². The lowest BCUT2D eigenvalue weighted by molar-refractivity contribution is -0.121. The predicted octanol–water partition coefficient (Wildman–Crippen LogP) is 3.12. The van der Waals surface area contributed by atoms with Gasteiger partial charge in [-0.1, -0.05) is 6.07 Å². The Hall–Kier alpha value is -2.25. The zero-order valence-corrected chi connectivity index (χ0v) is 15.3. The number of aliphatic hydroxyl groups is 1. The van der Waals surface area contributed by atoms with Gasteiger partial charge in [0.25, 0.3) is 5.92 Å². The van der Waals surface area contributed by atoms with E-state index in [-0.39, 0.29) is 19.5 Å². The van der Waals surface area contributed by atoms with E-state index in [1.807, 2.05) is 35.2 Å². The van der Waals surface area contributed by atoms with Crippen LogP contribution in [-0.4, -0.2) is 47.7 Å². The number of halogens is 2. The Bertz CT molecular complexity index is 743. The molecule has 27 heavy (non-hydrogen) atoms. The molecule has 0 bridgehead atoms. The average Bonchev–Trinajstić information content (AvgIpc) is 2.69. The summed E-state index contributed by atoms with van der Waals surface area (Å²) >= 11 is 0. The van der Waals surface area contributed by atoms with Crippen molar-refractivity contribution in [1.29, 1.82) is 0 Å². The number of hydrogen-bond acceptors (Lipinski definition) is 5. The minimum Gasteiger partial charge on any atom is -0.497 e. The van der Waals surface area contributed by atoms with Gasteiger partial charge in [-0.05, 0) is 30.3 Å². The van der Waals surface area contributed by atoms with Crippen LogP contribution in [0, 0.1) is 5.92 Å². The van der Waals surface area contributed by atoms with Crippen LogP contribution in [0.4, 0.5) is 8.78 Å².